The fourth-order valence-electron chi connectivity index (χ4n) is 2.09. The Morgan fingerprint density at radius 3 is 2.48 bits per heavy atom. The van der Waals surface area contributed by atoms with Crippen molar-refractivity contribution in [3.05, 3.63) is 29.8 Å². The van der Waals surface area contributed by atoms with E-state index in [0.29, 0.717) is 0 Å². The molecule has 1 saturated heterocycles. The molecule has 0 atom stereocenters. The third-order valence-electron chi connectivity index (χ3n) is 3.18. The largest absolute Gasteiger partial charge is 0.326 e. The number of imide groups is 1. The van der Waals surface area contributed by atoms with Crippen molar-refractivity contribution in [1.82, 2.24) is 10.2 Å². The van der Waals surface area contributed by atoms with Crippen LogP contribution in [0.3, 0.4) is 0 Å². The van der Waals surface area contributed by atoms with E-state index in [2.05, 4.69) is 5.32 Å². The van der Waals surface area contributed by atoms with E-state index < -0.39 is 21.7 Å². The first-order chi connectivity index (χ1) is 9.90. The quantitative estimate of drug-likeness (QED) is 0.667. The smallest absolute Gasteiger partial charge is 0.240 e. The zero-order valence-electron chi connectivity index (χ0n) is 11.4. The van der Waals surface area contributed by atoms with Gasteiger partial charge in [-0.3, -0.25) is 19.8 Å². The van der Waals surface area contributed by atoms with Crippen LogP contribution in [0.1, 0.15) is 5.56 Å². The number of carbonyl (C=O) groups excluding carboxylic acids is 2. The average Bonchev–Trinajstić information content (AvgIpc) is 2.44. The van der Waals surface area contributed by atoms with Gasteiger partial charge in [0.1, 0.15) is 0 Å². The van der Waals surface area contributed by atoms with Gasteiger partial charge in [0.25, 0.3) is 0 Å². The Bertz CT molecular complexity index is 641. The molecule has 0 bridgehead atoms. The minimum atomic E-state index is -3.47. The Morgan fingerprint density at radius 2 is 1.86 bits per heavy atom. The molecule has 0 aromatic heterocycles. The molecule has 2 amide bonds. The van der Waals surface area contributed by atoms with Gasteiger partial charge in [-0.25, -0.2) is 8.42 Å². The summed E-state index contributed by atoms with van der Waals surface area (Å²) in [5, 5.41) is 2.17. The van der Waals surface area contributed by atoms with Crippen LogP contribution < -0.4 is 11.1 Å². The van der Waals surface area contributed by atoms with Crippen molar-refractivity contribution in [2.24, 2.45) is 5.73 Å². The van der Waals surface area contributed by atoms with Crippen molar-refractivity contribution in [2.45, 2.75) is 11.4 Å². The van der Waals surface area contributed by atoms with Crippen LogP contribution in [-0.4, -0.2) is 50.5 Å². The van der Waals surface area contributed by atoms with Gasteiger partial charge in [0, 0.05) is 13.1 Å². The summed E-state index contributed by atoms with van der Waals surface area (Å²) in [6, 6.07) is 6.46. The van der Waals surface area contributed by atoms with E-state index in [1.807, 2.05) is 0 Å². The van der Waals surface area contributed by atoms with Crippen molar-refractivity contribution in [1.29, 1.82) is 0 Å². The lowest BCUT2D eigenvalue weighted by Gasteiger charge is -2.24. The van der Waals surface area contributed by atoms with Crippen LogP contribution in [0, 0.1) is 0 Å². The summed E-state index contributed by atoms with van der Waals surface area (Å²) in [6.07, 6.45) is 0. The van der Waals surface area contributed by atoms with Gasteiger partial charge in [0.15, 0.2) is 9.84 Å². The maximum absolute atomic E-state index is 12.3. The second kappa shape index (κ2) is 6.33. The Balaban J connectivity index is 2.04. The van der Waals surface area contributed by atoms with Gasteiger partial charge in [-0.15, -0.1) is 0 Å². The van der Waals surface area contributed by atoms with Crippen molar-refractivity contribution >= 4 is 21.7 Å². The van der Waals surface area contributed by atoms with Crippen LogP contribution in [0.15, 0.2) is 29.2 Å². The summed E-state index contributed by atoms with van der Waals surface area (Å²) in [7, 11) is -3.47. The summed E-state index contributed by atoms with van der Waals surface area (Å²) in [5.74, 6) is -0.968. The van der Waals surface area contributed by atoms with Crippen LogP contribution >= 0.6 is 0 Å². The van der Waals surface area contributed by atoms with Gasteiger partial charge in [-0.2, -0.15) is 0 Å². The van der Waals surface area contributed by atoms with Gasteiger partial charge < -0.3 is 5.73 Å². The molecule has 0 spiro atoms. The van der Waals surface area contributed by atoms with Crippen LogP contribution in [0.5, 0.6) is 0 Å². The molecule has 8 heteroatoms. The van der Waals surface area contributed by atoms with Gasteiger partial charge in [-0.1, -0.05) is 12.1 Å². The highest BCUT2D eigenvalue weighted by molar-refractivity contribution is 7.91. The Morgan fingerprint density at radius 1 is 1.19 bits per heavy atom. The standard InChI is InChI=1S/C13H17N3O4S/c14-7-10-2-1-3-11(6-10)21(19,20)5-4-16-8-12(17)15-13(18)9-16/h1-3,6H,4-5,7-9,14H2,(H,15,17,18). The first kappa shape index (κ1) is 15.6. The Kier molecular flexibility index (Phi) is 4.71. The van der Waals surface area contributed by atoms with E-state index in [9.17, 15) is 18.0 Å². The van der Waals surface area contributed by atoms with E-state index >= 15 is 0 Å². The normalized spacial score (nSPS) is 16.8. The van der Waals surface area contributed by atoms with Gasteiger partial charge >= 0.3 is 0 Å². The molecule has 0 aliphatic carbocycles. The maximum atomic E-state index is 12.3. The highest BCUT2D eigenvalue weighted by Crippen LogP contribution is 2.13. The van der Waals surface area contributed by atoms with E-state index in [1.54, 1.807) is 18.2 Å². The minimum absolute atomic E-state index is 0.0318. The second-order valence-electron chi connectivity index (χ2n) is 4.85. The molecule has 0 saturated carbocycles. The first-order valence-corrected chi connectivity index (χ1v) is 8.13. The number of nitrogens with zero attached hydrogens (tertiary/aromatic N) is 1. The van der Waals surface area contributed by atoms with Crippen LogP contribution in [-0.2, 0) is 26.0 Å². The number of nitrogens with one attached hydrogen (secondary N) is 1. The molecule has 3 N–H and O–H groups in total. The zero-order chi connectivity index (χ0) is 15.5. The fourth-order valence-corrected chi connectivity index (χ4v) is 3.44. The van der Waals surface area contributed by atoms with Crippen molar-refractivity contribution in [2.75, 3.05) is 25.4 Å². The molecule has 1 aromatic carbocycles. The Labute approximate surface area is 123 Å². The lowest BCUT2D eigenvalue weighted by atomic mass is 10.2. The summed E-state index contributed by atoms with van der Waals surface area (Å²) < 4.78 is 24.5. The average molecular weight is 311 g/mol. The van der Waals surface area contributed by atoms with E-state index in [1.165, 1.54) is 11.0 Å². The topological polar surface area (TPSA) is 110 Å². The lowest BCUT2D eigenvalue weighted by Crippen LogP contribution is -2.52. The maximum Gasteiger partial charge on any atom is 0.240 e. The van der Waals surface area contributed by atoms with Gasteiger partial charge in [-0.05, 0) is 17.7 Å². The number of hydrogen-bond acceptors (Lipinski definition) is 6. The van der Waals surface area contributed by atoms with E-state index in [4.69, 9.17) is 5.73 Å². The number of hydrogen-bond donors (Lipinski definition) is 2. The number of rotatable bonds is 5. The highest BCUT2D eigenvalue weighted by Gasteiger charge is 2.24. The molecule has 1 aliphatic heterocycles. The predicted octanol–water partition coefficient (Wildman–Crippen LogP) is -1.12. The molecular weight excluding hydrogens is 294 g/mol. The molecule has 0 radical (unpaired) electrons. The van der Waals surface area contributed by atoms with Crippen molar-refractivity contribution < 1.29 is 18.0 Å². The SMILES string of the molecule is NCc1cccc(S(=O)(=O)CCN2CC(=O)NC(=O)C2)c1. The predicted molar refractivity (Wildman–Crippen MR) is 76.0 cm³/mol. The van der Waals surface area contributed by atoms with E-state index in [0.717, 1.165) is 5.56 Å². The molecule has 2 rings (SSSR count). The number of piperazine rings is 1. The molecule has 1 fully saturated rings. The summed E-state index contributed by atoms with van der Waals surface area (Å²) in [6.45, 7) is 0.465. The zero-order valence-corrected chi connectivity index (χ0v) is 12.2. The third-order valence-corrected chi connectivity index (χ3v) is 4.87. The first-order valence-electron chi connectivity index (χ1n) is 6.47. The molecule has 114 valence electrons. The van der Waals surface area contributed by atoms with Gasteiger partial charge in [0.2, 0.25) is 11.8 Å². The highest BCUT2D eigenvalue weighted by atomic mass is 32.2. The number of sulfone groups is 1. The van der Waals surface area contributed by atoms with Crippen LogP contribution in [0.25, 0.3) is 0 Å². The molecule has 1 heterocycles. The van der Waals surface area contributed by atoms with Crippen molar-refractivity contribution in [3.8, 4) is 0 Å². The van der Waals surface area contributed by atoms with E-state index in [-0.39, 0.29) is 36.8 Å². The number of carbonyl (C=O) groups is 2. The molecule has 1 aliphatic rings. The Hall–Kier alpha value is -1.77. The molecule has 1 aromatic rings. The monoisotopic (exact) mass is 311 g/mol. The minimum Gasteiger partial charge on any atom is -0.326 e. The molecule has 7 nitrogen and oxygen atoms in total. The van der Waals surface area contributed by atoms with Crippen LogP contribution in [0.4, 0.5) is 0 Å². The van der Waals surface area contributed by atoms with Gasteiger partial charge in [0.05, 0.1) is 23.7 Å². The lowest BCUT2D eigenvalue weighted by molar-refractivity contribution is -0.135. The summed E-state index contributed by atoms with van der Waals surface area (Å²) in [5.41, 5.74) is 6.24. The van der Waals surface area contributed by atoms with Crippen molar-refractivity contribution in [3.63, 3.8) is 0 Å². The van der Waals surface area contributed by atoms with Crippen LogP contribution in [0.2, 0.25) is 0 Å². The third kappa shape index (κ3) is 4.10. The summed E-state index contributed by atoms with van der Waals surface area (Å²) in [4.78, 5) is 24.2. The fraction of sp³-hybridized carbons (Fsp3) is 0.385. The number of amides is 2. The number of benzene rings is 1. The molecule has 21 heavy (non-hydrogen) atoms. The second-order valence-corrected chi connectivity index (χ2v) is 6.96. The molecule has 0 unspecified atom stereocenters. The number of nitrogens with two attached hydrogens (primary N) is 1. The molecular formula is C13H17N3O4S. The summed E-state index contributed by atoms with van der Waals surface area (Å²) >= 11 is 0.